The third-order valence-corrected chi connectivity index (χ3v) is 3.80. The quantitative estimate of drug-likeness (QED) is 0.738. The SMILES string of the molecule is CCc1cccc(NC(=O)C(=O)NCC(O)c2ccccc2C)c1. The Labute approximate surface area is 141 Å². The molecule has 3 N–H and O–H groups in total. The Hall–Kier alpha value is -2.66. The Bertz CT molecular complexity index is 728. The highest BCUT2D eigenvalue weighted by Crippen LogP contribution is 2.16. The molecule has 0 spiro atoms. The van der Waals surface area contributed by atoms with Gasteiger partial charge in [-0.2, -0.15) is 0 Å². The topological polar surface area (TPSA) is 78.4 Å². The van der Waals surface area contributed by atoms with E-state index in [2.05, 4.69) is 10.6 Å². The Morgan fingerprint density at radius 1 is 1.08 bits per heavy atom. The first-order chi connectivity index (χ1) is 11.5. The zero-order valence-corrected chi connectivity index (χ0v) is 13.9. The predicted octanol–water partition coefficient (Wildman–Crippen LogP) is 2.35. The first-order valence-electron chi connectivity index (χ1n) is 7.93. The molecule has 0 aliphatic carbocycles. The van der Waals surface area contributed by atoms with Crippen LogP contribution in [0.3, 0.4) is 0 Å². The molecule has 0 aliphatic heterocycles. The first-order valence-corrected chi connectivity index (χ1v) is 7.93. The van der Waals surface area contributed by atoms with Crippen LogP contribution in [0, 0.1) is 6.92 Å². The van der Waals surface area contributed by atoms with E-state index in [9.17, 15) is 14.7 Å². The maximum Gasteiger partial charge on any atom is 0.313 e. The second-order valence-electron chi connectivity index (χ2n) is 5.59. The van der Waals surface area contributed by atoms with Crippen LogP contribution in [-0.2, 0) is 16.0 Å². The van der Waals surface area contributed by atoms with Gasteiger partial charge in [-0.05, 0) is 42.2 Å². The second kappa shape index (κ2) is 8.26. The molecule has 2 amide bonds. The lowest BCUT2D eigenvalue weighted by atomic mass is 10.0. The largest absolute Gasteiger partial charge is 0.387 e. The highest BCUT2D eigenvalue weighted by Gasteiger charge is 2.16. The molecule has 24 heavy (non-hydrogen) atoms. The fourth-order valence-electron chi connectivity index (χ4n) is 2.40. The standard InChI is InChI=1S/C19H22N2O3/c1-3-14-8-6-9-15(11-14)21-19(24)18(23)20-12-17(22)16-10-5-4-7-13(16)2/h4-11,17,22H,3,12H2,1-2H3,(H,20,23)(H,21,24). The lowest BCUT2D eigenvalue weighted by molar-refractivity contribution is -0.136. The number of carbonyl (C=O) groups excluding carboxylic acids is 2. The first kappa shape index (κ1) is 17.7. The molecule has 0 aliphatic rings. The normalized spacial score (nSPS) is 11.6. The highest BCUT2D eigenvalue weighted by molar-refractivity contribution is 6.39. The summed E-state index contributed by atoms with van der Waals surface area (Å²) in [7, 11) is 0. The summed E-state index contributed by atoms with van der Waals surface area (Å²) in [6, 6.07) is 14.7. The van der Waals surface area contributed by atoms with Crippen molar-refractivity contribution in [3.05, 3.63) is 65.2 Å². The molecule has 0 saturated carbocycles. The highest BCUT2D eigenvalue weighted by atomic mass is 16.3. The minimum absolute atomic E-state index is 0.0217. The second-order valence-corrected chi connectivity index (χ2v) is 5.59. The summed E-state index contributed by atoms with van der Waals surface area (Å²) in [5, 5.41) is 15.2. The van der Waals surface area contributed by atoms with Crippen molar-refractivity contribution < 1.29 is 14.7 Å². The zero-order chi connectivity index (χ0) is 17.5. The Kier molecular flexibility index (Phi) is 6.09. The summed E-state index contributed by atoms with van der Waals surface area (Å²) in [5.41, 5.74) is 3.31. The van der Waals surface area contributed by atoms with E-state index in [1.54, 1.807) is 12.1 Å². The average Bonchev–Trinajstić information content (AvgIpc) is 2.59. The fraction of sp³-hybridized carbons (Fsp3) is 0.263. The van der Waals surface area contributed by atoms with Gasteiger partial charge in [0.2, 0.25) is 0 Å². The van der Waals surface area contributed by atoms with Crippen molar-refractivity contribution in [3.8, 4) is 0 Å². The zero-order valence-electron chi connectivity index (χ0n) is 13.9. The smallest absolute Gasteiger partial charge is 0.313 e. The van der Waals surface area contributed by atoms with Crippen molar-refractivity contribution in [1.82, 2.24) is 5.32 Å². The van der Waals surface area contributed by atoms with E-state index in [4.69, 9.17) is 0 Å². The van der Waals surface area contributed by atoms with Gasteiger partial charge in [-0.25, -0.2) is 0 Å². The third-order valence-electron chi connectivity index (χ3n) is 3.80. The van der Waals surface area contributed by atoms with Gasteiger partial charge < -0.3 is 15.7 Å². The number of amides is 2. The van der Waals surface area contributed by atoms with E-state index >= 15 is 0 Å². The lowest BCUT2D eigenvalue weighted by Crippen LogP contribution is -2.37. The molecule has 126 valence electrons. The minimum Gasteiger partial charge on any atom is -0.387 e. The van der Waals surface area contributed by atoms with Crippen LogP contribution in [0.4, 0.5) is 5.69 Å². The molecule has 0 heterocycles. The fourth-order valence-corrected chi connectivity index (χ4v) is 2.40. The van der Waals surface area contributed by atoms with Gasteiger partial charge in [0, 0.05) is 12.2 Å². The van der Waals surface area contributed by atoms with E-state index in [-0.39, 0.29) is 6.54 Å². The summed E-state index contributed by atoms with van der Waals surface area (Å²) >= 11 is 0. The van der Waals surface area contributed by atoms with Crippen molar-refractivity contribution in [3.63, 3.8) is 0 Å². The van der Waals surface area contributed by atoms with E-state index in [0.29, 0.717) is 5.69 Å². The van der Waals surface area contributed by atoms with E-state index < -0.39 is 17.9 Å². The summed E-state index contributed by atoms with van der Waals surface area (Å²) < 4.78 is 0. The summed E-state index contributed by atoms with van der Waals surface area (Å²) in [4.78, 5) is 23.8. The molecular formula is C19H22N2O3. The summed E-state index contributed by atoms with van der Waals surface area (Å²) in [5.74, 6) is -1.52. The predicted molar refractivity (Wildman–Crippen MR) is 93.6 cm³/mol. The van der Waals surface area contributed by atoms with E-state index in [1.165, 1.54) is 0 Å². The molecule has 0 fully saturated rings. The van der Waals surface area contributed by atoms with Crippen LogP contribution >= 0.6 is 0 Å². The Morgan fingerprint density at radius 2 is 1.83 bits per heavy atom. The molecule has 5 heteroatoms. The molecule has 1 atom stereocenters. The molecule has 0 aromatic heterocycles. The Morgan fingerprint density at radius 3 is 2.54 bits per heavy atom. The van der Waals surface area contributed by atoms with Crippen LogP contribution in [0.15, 0.2) is 48.5 Å². The number of anilines is 1. The molecule has 0 bridgehead atoms. The van der Waals surface area contributed by atoms with Crippen molar-refractivity contribution in [2.45, 2.75) is 26.4 Å². The number of aliphatic hydroxyl groups is 1. The number of hydrogen-bond donors (Lipinski definition) is 3. The van der Waals surface area contributed by atoms with Crippen molar-refractivity contribution in [2.75, 3.05) is 11.9 Å². The third kappa shape index (κ3) is 4.67. The number of carbonyl (C=O) groups is 2. The molecular weight excluding hydrogens is 304 g/mol. The summed E-state index contributed by atoms with van der Waals surface area (Å²) in [6.07, 6.45) is -0.00945. The number of benzene rings is 2. The van der Waals surface area contributed by atoms with Crippen LogP contribution in [0.2, 0.25) is 0 Å². The number of nitrogens with one attached hydrogen (secondary N) is 2. The van der Waals surface area contributed by atoms with Gasteiger partial charge in [-0.15, -0.1) is 0 Å². The molecule has 5 nitrogen and oxygen atoms in total. The van der Waals surface area contributed by atoms with Gasteiger partial charge in [-0.1, -0.05) is 43.3 Å². The number of aryl methyl sites for hydroxylation is 2. The van der Waals surface area contributed by atoms with Crippen LogP contribution < -0.4 is 10.6 Å². The van der Waals surface area contributed by atoms with Crippen LogP contribution in [0.25, 0.3) is 0 Å². The van der Waals surface area contributed by atoms with Gasteiger partial charge in [-0.3, -0.25) is 9.59 Å². The van der Waals surface area contributed by atoms with Gasteiger partial charge >= 0.3 is 11.8 Å². The molecule has 2 aromatic rings. The maximum atomic E-state index is 11.9. The number of hydrogen-bond acceptors (Lipinski definition) is 3. The molecule has 0 saturated heterocycles. The van der Waals surface area contributed by atoms with Crippen molar-refractivity contribution >= 4 is 17.5 Å². The molecule has 2 rings (SSSR count). The minimum atomic E-state index is -0.855. The van der Waals surface area contributed by atoms with Gasteiger partial charge in [0.15, 0.2) is 0 Å². The van der Waals surface area contributed by atoms with Crippen molar-refractivity contribution in [2.24, 2.45) is 0 Å². The van der Waals surface area contributed by atoms with Crippen LogP contribution in [0.1, 0.15) is 29.7 Å². The van der Waals surface area contributed by atoms with Gasteiger partial charge in [0.05, 0.1) is 6.10 Å². The van der Waals surface area contributed by atoms with Gasteiger partial charge in [0.25, 0.3) is 0 Å². The van der Waals surface area contributed by atoms with Gasteiger partial charge in [0.1, 0.15) is 0 Å². The summed E-state index contributed by atoms with van der Waals surface area (Å²) in [6.45, 7) is 3.88. The van der Waals surface area contributed by atoms with Crippen LogP contribution in [-0.4, -0.2) is 23.5 Å². The Balaban J connectivity index is 1.90. The lowest BCUT2D eigenvalue weighted by Gasteiger charge is -2.14. The maximum absolute atomic E-state index is 11.9. The van der Waals surface area contributed by atoms with E-state index in [0.717, 1.165) is 23.1 Å². The monoisotopic (exact) mass is 326 g/mol. The molecule has 2 aromatic carbocycles. The molecule has 1 unspecified atom stereocenters. The van der Waals surface area contributed by atoms with Crippen LogP contribution in [0.5, 0.6) is 0 Å². The number of rotatable bonds is 5. The molecule has 0 radical (unpaired) electrons. The number of aliphatic hydroxyl groups excluding tert-OH is 1. The van der Waals surface area contributed by atoms with E-state index in [1.807, 2.05) is 50.2 Å². The average molecular weight is 326 g/mol. The van der Waals surface area contributed by atoms with Crippen molar-refractivity contribution in [1.29, 1.82) is 0 Å².